The van der Waals surface area contributed by atoms with Crippen LogP contribution in [0.1, 0.15) is 12.8 Å². The van der Waals surface area contributed by atoms with Crippen LogP contribution in [0.25, 0.3) is 0 Å². The van der Waals surface area contributed by atoms with Crippen molar-refractivity contribution in [3.8, 4) is 0 Å². The minimum absolute atomic E-state index is 0. The molecular weight excluding hydrogens is 303 g/mol. The molecule has 0 aliphatic carbocycles. The summed E-state index contributed by atoms with van der Waals surface area (Å²) in [6.45, 7) is 3.24. The molecule has 99 valence electrons. The zero-order valence-electron chi connectivity index (χ0n) is 8.84. The molecule has 0 heterocycles. The molecule has 0 aliphatic heterocycles. The third-order valence-corrected chi connectivity index (χ3v) is 2.97. The van der Waals surface area contributed by atoms with E-state index >= 15 is 0 Å². The molecule has 0 saturated carbocycles. The van der Waals surface area contributed by atoms with Gasteiger partial charge >= 0.3 is 16.8 Å². The van der Waals surface area contributed by atoms with Gasteiger partial charge in [0.15, 0.2) is 0 Å². The quantitative estimate of drug-likeness (QED) is 0.353. The third kappa shape index (κ3) is 12.4. The minimum atomic E-state index is -3.51. The Morgan fingerprint density at radius 1 is 1.00 bits per heavy atom. The van der Waals surface area contributed by atoms with Gasteiger partial charge in [-0.2, -0.15) is 8.42 Å². The molecule has 0 amide bonds. The van der Waals surface area contributed by atoms with Gasteiger partial charge in [-0.15, -0.1) is 0 Å². The zero-order chi connectivity index (χ0) is 11.9. The molecule has 9 heteroatoms. The van der Waals surface area contributed by atoms with Crippen molar-refractivity contribution in [2.75, 3.05) is 25.2 Å². The van der Waals surface area contributed by atoms with Crippen molar-refractivity contribution < 1.29 is 42.0 Å². The second-order valence-corrected chi connectivity index (χ2v) is 6.22. The summed E-state index contributed by atoms with van der Waals surface area (Å²) >= 11 is 0. The Labute approximate surface area is 107 Å². The first-order chi connectivity index (χ1) is 6.77. The van der Waals surface area contributed by atoms with Gasteiger partial charge in [-0.05, 0) is 12.8 Å². The van der Waals surface area contributed by atoms with Crippen LogP contribution in [0.2, 0.25) is 0 Å². The largest absolute Gasteiger partial charge is 2.00 e. The van der Waals surface area contributed by atoms with E-state index < -0.39 is 20.2 Å². The Bertz CT molecular complexity index is 360. The molecule has 0 aromatic heterocycles. The number of hydrogen-bond donors (Lipinski definition) is 0. The Balaban J connectivity index is 0. The topological polar surface area (TPSA) is 86.7 Å². The predicted octanol–water partition coefficient (Wildman–Crippen LogP) is -0.0792. The SMILES string of the molecule is [CH2-]CS(=O)(=O)OCCCCOS(C)(=O)=O.[Co+2]. The van der Waals surface area contributed by atoms with E-state index in [1.807, 2.05) is 0 Å². The van der Waals surface area contributed by atoms with E-state index in [1.54, 1.807) is 0 Å². The average molecular weight is 318 g/mol. The van der Waals surface area contributed by atoms with Crippen LogP contribution in [-0.2, 0) is 45.4 Å². The van der Waals surface area contributed by atoms with Gasteiger partial charge in [-0.25, -0.2) is 8.42 Å². The second-order valence-electron chi connectivity index (χ2n) is 2.82. The summed E-state index contributed by atoms with van der Waals surface area (Å²) in [7, 11) is -6.92. The van der Waals surface area contributed by atoms with Crippen molar-refractivity contribution in [2.24, 2.45) is 0 Å². The van der Waals surface area contributed by atoms with E-state index in [0.717, 1.165) is 6.26 Å². The van der Waals surface area contributed by atoms with E-state index in [0.29, 0.717) is 12.8 Å². The molecule has 0 atom stereocenters. The molecule has 0 aromatic carbocycles. The van der Waals surface area contributed by atoms with E-state index in [9.17, 15) is 16.8 Å². The van der Waals surface area contributed by atoms with Gasteiger partial charge in [0, 0.05) is 0 Å². The molecule has 0 fully saturated rings. The molecule has 16 heavy (non-hydrogen) atoms. The van der Waals surface area contributed by atoms with E-state index in [2.05, 4.69) is 15.3 Å². The first-order valence-electron chi connectivity index (χ1n) is 4.27. The fourth-order valence-corrected chi connectivity index (χ4v) is 1.57. The average Bonchev–Trinajstić information content (AvgIpc) is 2.09. The summed E-state index contributed by atoms with van der Waals surface area (Å²) in [4.78, 5) is 0. The number of rotatable bonds is 8. The van der Waals surface area contributed by atoms with Gasteiger partial charge in [0.2, 0.25) is 10.1 Å². The van der Waals surface area contributed by atoms with E-state index in [1.165, 1.54) is 0 Å². The first kappa shape index (κ1) is 18.7. The summed E-state index contributed by atoms with van der Waals surface area (Å²) in [5, 5.41) is 0. The van der Waals surface area contributed by atoms with Crippen LogP contribution in [0.4, 0.5) is 0 Å². The molecule has 0 rings (SSSR count). The Morgan fingerprint density at radius 3 is 1.81 bits per heavy atom. The molecule has 1 radical (unpaired) electrons. The van der Waals surface area contributed by atoms with Crippen molar-refractivity contribution in [3.05, 3.63) is 6.92 Å². The molecule has 0 spiro atoms. The van der Waals surface area contributed by atoms with Gasteiger partial charge in [0.25, 0.3) is 10.1 Å². The normalized spacial score (nSPS) is 12.1. The third-order valence-electron chi connectivity index (χ3n) is 1.35. The summed E-state index contributed by atoms with van der Waals surface area (Å²) < 4.78 is 51.5. The fourth-order valence-electron chi connectivity index (χ4n) is 0.659. The van der Waals surface area contributed by atoms with Crippen LogP contribution in [0.3, 0.4) is 0 Å². The van der Waals surface area contributed by atoms with Gasteiger partial charge in [-0.3, -0.25) is 8.37 Å². The maximum atomic E-state index is 10.8. The predicted molar refractivity (Wildman–Crippen MR) is 55.1 cm³/mol. The summed E-state index contributed by atoms with van der Waals surface area (Å²) in [5.74, 6) is -0.313. The maximum absolute atomic E-state index is 10.8. The smallest absolute Gasteiger partial charge is 0.326 e. The maximum Gasteiger partial charge on any atom is 2.00 e. The molecular formula is C7H15CoO6S2+. The van der Waals surface area contributed by atoms with Gasteiger partial charge in [0.05, 0.1) is 19.5 Å². The Morgan fingerprint density at radius 2 is 1.44 bits per heavy atom. The summed E-state index contributed by atoms with van der Waals surface area (Å²) in [6, 6.07) is 0. The van der Waals surface area contributed by atoms with Crippen LogP contribution in [-0.4, -0.2) is 42.1 Å². The minimum Gasteiger partial charge on any atom is -0.326 e. The molecule has 0 saturated heterocycles. The molecule has 0 bridgehead atoms. The Hall–Kier alpha value is 0.326. The molecule has 6 nitrogen and oxygen atoms in total. The fraction of sp³-hybridized carbons (Fsp3) is 0.857. The molecule has 0 unspecified atom stereocenters. The second kappa shape index (κ2) is 8.42. The van der Waals surface area contributed by atoms with Crippen LogP contribution in [0.15, 0.2) is 0 Å². The summed E-state index contributed by atoms with van der Waals surface area (Å²) in [5.41, 5.74) is 0. The van der Waals surface area contributed by atoms with Gasteiger partial charge < -0.3 is 6.92 Å². The number of unbranched alkanes of at least 4 members (excludes halogenated alkanes) is 1. The van der Waals surface area contributed by atoms with E-state index in [-0.39, 0.29) is 35.7 Å². The van der Waals surface area contributed by atoms with Crippen molar-refractivity contribution in [2.45, 2.75) is 12.8 Å². The van der Waals surface area contributed by atoms with Crippen LogP contribution >= 0.6 is 0 Å². The molecule has 0 N–H and O–H groups in total. The Kier molecular flexibility index (Phi) is 9.84. The molecule has 0 aliphatic rings. The van der Waals surface area contributed by atoms with Crippen molar-refractivity contribution in [1.82, 2.24) is 0 Å². The monoisotopic (exact) mass is 318 g/mol. The van der Waals surface area contributed by atoms with E-state index in [4.69, 9.17) is 0 Å². The number of hydrogen-bond acceptors (Lipinski definition) is 6. The van der Waals surface area contributed by atoms with Gasteiger partial charge in [-0.1, -0.05) is 5.75 Å². The van der Waals surface area contributed by atoms with Gasteiger partial charge in [0.1, 0.15) is 0 Å². The summed E-state index contributed by atoms with van der Waals surface area (Å²) in [6.07, 6.45) is 1.78. The first-order valence-corrected chi connectivity index (χ1v) is 7.67. The van der Waals surface area contributed by atoms with Crippen molar-refractivity contribution in [1.29, 1.82) is 0 Å². The standard InChI is InChI=1S/C7H15O6S2.Co/c1-3-15(10,11)13-7-5-4-6-12-14(2,8)9;/h1,3-7H2,2H3;/q-1;+2. The van der Waals surface area contributed by atoms with Crippen LogP contribution < -0.4 is 0 Å². The molecule has 0 aromatic rings. The van der Waals surface area contributed by atoms with Crippen LogP contribution in [0.5, 0.6) is 0 Å². The van der Waals surface area contributed by atoms with Crippen molar-refractivity contribution in [3.63, 3.8) is 0 Å². The van der Waals surface area contributed by atoms with Crippen molar-refractivity contribution >= 4 is 20.2 Å². The zero-order valence-corrected chi connectivity index (χ0v) is 11.5. The van der Waals surface area contributed by atoms with Crippen LogP contribution in [0, 0.1) is 6.92 Å².